The number of sulfone groups is 1. The number of nitriles is 1. The first-order chi connectivity index (χ1) is 52.8. The highest BCUT2D eigenvalue weighted by Crippen LogP contribution is 2.47. The van der Waals surface area contributed by atoms with Crippen LogP contribution >= 0.6 is 22.7 Å². The summed E-state index contributed by atoms with van der Waals surface area (Å²) in [6.45, 7) is 7.68. The Kier molecular flexibility index (Phi) is 24.8. The van der Waals surface area contributed by atoms with Crippen LogP contribution in [0.1, 0.15) is 85.4 Å². The largest absolute Gasteiger partial charge is 0.497 e. The average Bonchev–Trinajstić information content (AvgIpc) is 0.964. The summed E-state index contributed by atoms with van der Waals surface area (Å²) < 4.78 is 34.1. The summed E-state index contributed by atoms with van der Waals surface area (Å²) in [5.41, 5.74) is 32.0. The molecule has 0 spiro atoms. The maximum atomic E-state index is 13.2. The van der Waals surface area contributed by atoms with Gasteiger partial charge in [0.1, 0.15) is 22.6 Å². The van der Waals surface area contributed by atoms with Crippen LogP contribution in [-0.4, -0.2) is 129 Å². The van der Waals surface area contributed by atoms with Gasteiger partial charge in [-0.05, 0) is 191 Å². The molecule has 4 aliphatic rings. The number of aromatic nitrogens is 1. The zero-order chi connectivity index (χ0) is 80.3. The van der Waals surface area contributed by atoms with Gasteiger partial charge in [-0.2, -0.15) is 5.26 Å². The Morgan fingerprint density at radius 2 is 0.937 bits per heavy atom. The van der Waals surface area contributed by atoms with E-state index in [1.54, 1.807) is 90.4 Å². The van der Waals surface area contributed by atoms with E-state index in [-0.39, 0.29) is 58.8 Å². The molecule has 0 aliphatic carbocycles. The Balaban J connectivity index is 0.000000158. The average molecular weight is 1540 g/mol. The topological polar surface area (TPSA) is 324 Å². The third-order valence-electron chi connectivity index (χ3n) is 20.4. The van der Waals surface area contributed by atoms with Crippen LogP contribution in [0.2, 0.25) is 0 Å². The van der Waals surface area contributed by atoms with Gasteiger partial charge in [0, 0.05) is 69.4 Å². The van der Waals surface area contributed by atoms with Crippen molar-refractivity contribution in [2.45, 2.75) is 80.4 Å². The summed E-state index contributed by atoms with van der Waals surface area (Å²) in [6, 6.07) is 55.9. The normalized spacial score (nSPS) is 21.6. The van der Waals surface area contributed by atoms with Gasteiger partial charge in [-0.3, -0.25) is 43.8 Å². The molecule has 3 aromatic heterocycles. The quantitative estimate of drug-likeness (QED) is 0.0654. The maximum Gasteiger partial charge on any atom is 0.235 e. The Bertz CT molecular complexity index is 5280. The summed E-state index contributed by atoms with van der Waals surface area (Å²) in [5, 5.41) is 13.2. The molecule has 111 heavy (non-hydrogen) atoms. The smallest absolute Gasteiger partial charge is 0.235 e. The van der Waals surface area contributed by atoms with Crippen LogP contribution in [0, 0.1) is 53.8 Å². The molecular formula is C86H88N14O8S3. The number of amides is 4. The Morgan fingerprint density at radius 1 is 0.523 bits per heavy atom. The highest BCUT2D eigenvalue weighted by atomic mass is 32.2. The van der Waals surface area contributed by atoms with Gasteiger partial charge in [0.05, 0.1) is 66.0 Å². The molecule has 9 aromatic rings. The molecule has 25 heteroatoms. The SMILES string of the molecule is C#CC[C@@H]1C(=O)N(C)C(N)=N[C@]1(C)c1cccc(-c2cccc(OC)c2)c1.C#CC[C@H]1C(=O)N(C)C(N)=N[C@]1(C)c1cccc(-c2cccc(OC)c2)c1.CN1C(=O)C(C/C=C/c2ccncc2)[C@@](C)(c2cc(-c3cccc(C#N)c3)cs2)N=C1N.CN1C(=O)C[C@@](C)(c2cc(-c3cccc(S(C)(=O)=O)c3)cs2)N=C1N. The second-order valence-corrected chi connectivity index (χ2v) is 31.7. The molecule has 0 saturated heterocycles. The van der Waals surface area contributed by atoms with Crippen LogP contribution in [0.5, 0.6) is 11.5 Å². The number of nitrogens with zero attached hydrogens (tertiary/aromatic N) is 10. The van der Waals surface area contributed by atoms with Crippen LogP contribution in [0.4, 0.5) is 0 Å². The fraction of sp³-hybridized carbons (Fsp3) is 0.256. The number of hydrogen-bond acceptors (Lipinski definition) is 20. The highest BCUT2D eigenvalue weighted by molar-refractivity contribution is 7.90. The molecule has 0 radical (unpaired) electrons. The van der Waals surface area contributed by atoms with Crippen LogP contribution in [-0.2, 0) is 51.2 Å². The van der Waals surface area contributed by atoms with Crippen molar-refractivity contribution in [2.24, 2.45) is 60.7 Å². The van der Waals surface area contributed by atoms with E-state index in [1.807, 2.05) is 190 Å². The molecule has 568 valence electrons. The number of carbonyl (C=O) groups is 4. The number of rotatable bonds is 16. The lowest BCUT2D eigenvalue weighted by atomic mass is 9.76. The molecule has 7 atom stereocenters. The summed E-state index contributed by atoms with van der Waals surface area (Å²) in [6.07, 6.45) is 21.1. The van der Waals surface area contributed by atoms with Gasteiger partial charge < -0.3 is 32.4 Å². The first-order valence-corrected chi connectivity index (χ1v) is 38.9. The lowest BCUT2D eigenvalue weighted by Crippen LogP contribution is -2.53. The fourth-order valence-corrected chi connectivity index (χ4v) is 16.3. The van der Waals surface area contributed by atoms with Crippen molar-refractivity contribution >= 4 is 86.1 Å². The number of hydrogen-bond donors (Lipinski definition) is 4. The van der Waals surface area contributed by atoms with Crippen molar-refractivity contribution in [3.05, 3.63) is 231 Å². The van der Waals surface area contributed by atoms with Gasteiger partial charge in [0.2, 0.25) is 23.6 Å². The van der Waals surface area contributed by atoms with Gasteiger partial charge in [-0.15, -0.1) is 47.4 Å². The first-order valence-electron chi connectivity index (χ1n) is 35.3. The van der Waals surface area contributed by atoms with Crippen molar-refractivity contribution in [1.29, 1.82) is 5.26 Å². The molecule has 0 bridgehead atoms. The number of nitrogens with two attached hydrogens (primary N) is 4. The summed E-state index contributed by atoms with van der Waals surface area (Å²) >= 11 is 3.04. The highest BCUT2D eigenvalue weighted by Gasteiger charge is 2.49. The third-order valence-corrected chi connectivity index (χ3v) is 23.9. The van der Waals surface area contributed by atoms with E-state index >= 15 is 0 Å². The lowest BCUT2D eigenvalue weighted by molar-refractivity contribution is -0.134. The molecule has 7 heterocycles. The Hall–Kier alpha value is -12.5. The van der Waals surface area contributed by atoms with Gasteiger partial charge in [0.15, 0.2) is 33.7 Å². The van der Waals surface area contributed by atoms with Crippen LogP contribution < -0.4 is 32.4 Å². The predicted molar refractivity (Wildman–Crippen MR) is 441 cm³/mol. The van der Waals surface area contributed by atoms with Crippen molar-refractivity contribution in [1.82, 2.24) is 24.6 Å². The van der Waals surface area contributed by atoms with Crippen molar-refractivity contribution in [2.75, 3.05) is 48.7 Å². The van der Waals surface area contributed by atoms with Crippen molar-refractivity contribution in [3.63, 3.8) is 0 Å². The molecule has 8 N–H and O–H groups in total. The number of aliphatic imine (C=N–C) groups is 4. The monoisotopic (exact) mass is 1540 g/mol. The van der Waals surface area contributed by atoms with Gasteiger partial charge in [0.25, 0.3) is 0 Å². The number of pyridine rings is 1. The summed E-state index contributed by atoms with van der Waals surface area (Å²) in [4.78, 5) is 81.3. The van der Waals surface area contributed by atoms with E-state index in [0.29, 0.717) is 24.8 Å². The second kappa shape index (κ2) is 34.0. The van der Waals surface area contributed by atoms with Gasteiger partial charge in [-0.25, -0.2) is 28.4 Å². The summed E-state index contributed by atoms with van der Waals surface area (Å²) in [5.74, 6) is 5.91. The zero-order valence-corrected chi connectivity index (χ0v) is 66.1. The molecule has 6 aromatic carbocycles. The minimum atomic E-state index is -3.26. The maximum absolute atomic E-state index is 13.2. The predicted octanol–water partition coefficient (Wildman–Crippen LogP) is 12.6. The van der Waals surface area contributed by atoms with Gasteiger partial charge >= 0.3 is 0 Å². The molecule has 13 rings (SSSR count). The van der Waals surface area contributed by atoms with E-state index in [2.05, 4.69) is 43.9 Å². The zero-order valence-electron chi connectivity index (χ0n) is 63.6. The van der Waals surface area contributed by atoms with Crippen molar-refractivity contribution in [3.8, 4) is 86.8 Å². The molecule has 4 aliphatic heterocycles. The van der Waals surface area contributed by atoms with E-state index in [0.717, 1.165) is 82.5 Å². The fourth-order valence-electron chi connectivity index (χ4n) is 13.5. The van der Waals surface area contributed by atoms with Crippen molar-refractivity contribution < 1.29 is 37.1 Å². The van der Waals surface area contributed by atoms with Crippen LogP contribution in [0.3, 0.4) is 0 Å². The molecule has 0 saturated carbocycles. The standard InChI is InChI=1S/C25H23N5OS.2C22H23N3O2.C17H19N3O3S2/c1-25(22-14-20(16-32-22)19-7-3-6-18(13-19)15-26)21(23(31)30(2)24(27)29-25)8-4-5-17-9-11-28-12-10-17;2*1-5-8-19-20(26)25(3)21(23)24-22(19,2)17-11-6-9-15(13-17)16-10-7-12-18(14-16)27-4;1-17(9-15(21)20(2)16(18)19-17)14-8-12(10-24-14)11-5-4-6-13(7-11)25(3,22)23/h3-7,9-14,16,21H,8H2,1-2H3,(H2,27,29);2*1,6-7,9-14,19H,8H2,2-4H3,(H2,23,24);4-8,10H,9H2,1-3H3,(H2,18,19)/b5-4+;;;/t21?,25-;19-,22+;19-,22-;17-/m0010/s1. The number of guanidine groups is 4. The Morgan fingerprint density at radius 3 is 1.41 bits per heavy atom. The Labute approximate surface area is 656 Å². The van der Waals surface area contributed by atoms with Crippen LogP contribution in [0.25, 0.3) is 50.6 Å². The lowest BCUT2D eigenvalue weighted by Gasteiger charge is -2.40. The number of methoxy groups -OCH3 is 2. The second-order valence-electron chi connectivity index (χ2n) is 27.8. The minimum absolute atomic E-state index is 0.0548. The third kappa shape index (κ3) is 17.7. The first kappa shape index (κ1) is 81.1. The van der Waals surface area contributed by atoms with E-state index in [9.17, 15) is 32.9 Å². The van der Waals surface area contributed by atoms with E-state index in [1.165, 1.54) is 37.2 Å². The summed E-state index contributed by atoms with van der Waals surface area (Å²) in [7, 11) is 6.53. The number of ether oxygens (including phenoxy) is 2. The molecule has 22 nitrogen and oxygen atoms in total. The minimum Gasteiger partial charge on any atom is -0.497 e. The molecule has 0 fully saturated rings. The van der Waals surface area contributed by atoms with Crippen LogP contribution in [0.15, 0.2) is 224 Å². The molecule has 1 unspecified atom stereocenters. The number of allylic oxidation sites excluding steroid dienone is 1. The number of terminal acetylenes is 2. The van der Waals surface area contributed by atoms with E-state index in [4.69, 9.17) is 50.2 Å². The van der Waals surface area contributed by atoms with Gasteiger partial charge in [-0.1, -0.05) is 97.1 Å². The number of benzene rings is 6. The van der Waals surface area contributed by atoms with E-state index < -0.39 is 49.7 Å². The number of thiophene rings is 2. The number of carbonyl (C=O) groups excluding carboxylic acids is 4. The molecular weight excluding hydrogens is 1450 g/mol. The molecule has 4 amide bonds.